The van der Waals surface area contributed by atoms with E-state index in [1.54, 1.807) is 10.9 Å². The molecular weight excluding hydrogens is 474 g/mol. The van der Waals surface area contributed by atoms with Gasteiger partial charge in [-0.15, -0.1) is 0 Å². The predicted octanol–water partition coefficient (Wildman–Crippen LogP) is 4.31. The average molecular weight is 506 g/mol. The van der Waals surface area contributed by atoms with E-state index in [0.29, 0.717) is 11.5 Å². The van der Waals surface area contributed by atoms with E-state index in [1.165, 1.54) is 5.56 Å². The van der Waals surface area contributed by atoms with Crippen LogP contribution in [0.3, 0.4) is 0 Å². The Kier molecular flexibility index (Phi) is 5.69. The monoisotopic (exact) mass is 505 g/mol. The lowest BCUT2D eigenvalue weighted by Gasteiger charge is -2.35. The Labute approximate surface area is 222 Å². The maximum absolute atomic E-state index is 13.7. The first-order valence-electron chi connectivity index (χ1n) is 13.5. The van der Waals surface area contributed by atoms with Crippen LogP contribution in [0.25, 0.3) is 17.2 Å². The highest BCUT2D eigenvalue weighted by molar-refractivity contribution is 6.06. The molecule has 2 aliphatic carbocycles. The summed E-state index contributed by atoms with van der Waals surface area (Å²) in [4.78, 5) is 28.0. The number of carbonyl (C=O) groups excluding carboxylic acids is 1. The van der Waals surface area contributed by atoms with E-state index in [4.69, 9.17) is 9.97 Å². The van der Waals surface area contributed by atoms with Crippen LogP contribution in [0.1, 0.15) is 45.9 Å². The molecule has 0 unspecified atom stereocenters. The molecule has 192 valence electrons. The Balaban J connectivity index is 1.21. The summed E-state index contributed by atoms with van der Waals surface area (Å²) in [6.45, 7) is 3.89. The molecule has 0 spiro atoms. The summed E-state index contributed by atoms with van der Waals surface area (Å²) < 4.78 is 1.79. The Hall–Kier alpha value is -4.04. The van der Waals surface area contributed by atoms with Gasteiger partial charge in [0.25, 0.3) is 11.9 Å². The molecule has 1 saturated heterocycles. The highest BCUT2D eigenvalue weighted by atomic mass is 16.1. The van der Waals surface area contributed by atoms with Gasteiger partial charge >= 0.3 is 0 Å². The number of nitrogens with zero attached hydrogens (tertiary/aromatic N) is 6. The van der Waals surface area contributed by atoms with Gasteiger partial charge in [0, 0.05) is 43.9 Å². The number of anilines is 2. The maximum Gasteiger partial charge on any atom is 0.259 e. The molecule has 0 atom stereocenters. The summed E-state index contributed by atoms with van der Waals surface area (Å²) in [5.74, 6) is 0.681. The largest absolute Gasteiger partial charge is 0.367 e. The maximum atomic E-state index is 13.7. The number of piperazine rings is 1. The number of hydrogen-bond donors (Lipinski definition) is 1. The molecule has 38 heavy (non-hydrogen) atoms. The van der Waals surface area contributed by atoms with Crippen molar-refractivity contribution in [3.05, 3.63) is 83.3 Å². The van der Waals surface area contributed by atoms with Gasteiger partial charge in [0.2, 0.25) is 0 Å². The van der Waals surface area contributed by atoms with Gasteiger partial charge < -0.3 is 15.1 Å². The number of amides is 1. The van der Waals surface area contributed by atoms with Crippen molar-refractivity contribution in [3.8, 4) is 17.2 Å². The van der Waals surface area contributed by atoms with Crippen molar-refractivity contribution in [3.63, 3.8) is 0 Å². The molecule has 8 heteroatoms. The second kappa shape index (κ2) is 9.36. The van der Waals surface area contributed by atoms with Crippen molar-refractivity contribution in [2.45, 2.75) is 31.6 Å². The molecule has 7 rings (SSSR count). The van der Waals surface area contributed by atoms with Crippen molar-refractivity contribution in [2.24, 2.45) is 0 Å². The first-order chi connectivity index (χ1) is 18.7. The smallest absolute Gasteiger partial charge is 0.259 e. The summed E-state index contributed by atoms with van der Waals surface area (Å²) in [7, 11) is 2.15. The first-order valence-corrected chi connectivity index (χ1v) is 13.5. The zero-order chi connectivity index (χ0) is 25.6. The second-order valence-corrected chi connectivity index (χ2v) is 10.6. The fourth-order valence-corrected chi connectivity index (χ4v) is 5.69. The minimum absolute atomic E-state index is 0.136. The Morgan fingerprint density at radius 2 is 1.68 bits per heavy atom. The molecule has 4 aromatic rings. The number of aryl methyl sites for hydroxylation is 2. The van der Waals surface area contributed by atoms with Gasteiger partial charge in [-0.3, -0.25) is 4.79 Å². The molecule has 2 aromatic heterocycles. The summed E-state index contributed by atoms with van der Waals surface area (Å²) >= 11 is 0. The second-order valence-electron chi connectivity index (χ2n) is 10.6. The zero-order valence-electron chi connectivity index (χ0n) is 21.6. The number of rotatable bonds is 5. The van der Waals surface area contributed by atoms with Gasteiger partial charge in [0.1, 0.15) is 0 Å². The van der Waals surface area contributed by atoms with Crippen molar-refractivity contribution in [1.82, 2.24) is 24.6 Å². The fourth-order valence-electron chi connectivity index (χ4n) is 5.69. The average Bonchev–Trinajstić information content (AvgIpc) is 3.70. The predicted molar refractivity (Wildman–Crippen MR) is 148 cm³/mol. The molecule has 0 bridgehead atoms. The number of para-hydroxylation sites is 2. The van der Waals surface area contributed by atoms with Crippen LogP contribution in [0, 0.1) is 0 Å². The molecule has 3 aliphatic rings. The van der Waals surface area contributed by atoms with E-state index in [0.717, 1.165) is 85.8 Å². The van der Waals surface area contributed by atoms with Crippen LogP contribution in [0.5, 0.6) is 0 Å². The number of benzene rings is 2. The van der Waals surface area contributed by atoms with E-state index < -0.39 is 0 Å². The van der Waals surface area contributed by atoms with Crippen molar-refractivity contribution < 1.29 is 4.79 Å². The van der Waals surface area contributed by atoms with Crippen LogP contribution in [0.4, 0.5) is 11.4 Å². The van der Waals surface area contributed by atoms with E-state index in [9.17, 15) is 4.79 Å². The lowest BCUT2D eigenvalue weighted by atomic mass is 9.90. The SMILES string of the molecule is CN1CCN(c2ccccc2NC(=O)c2cnn(-c3ncc4c(n3)-c3ccccc3CC4)c2C2CC2)CC1. The Morgan fingerprint density at radius 1 is 0.921 bits per heavy atom. The minimum atomic E-state index is -0.136. The summed E-state index contributed by atoms with van der Waals surface area (Å²) in [6.07, 6.45) is 7.62. The topological polar surface area (TPSA) is 79.2 Å². The fraction of sp³-hybridized carbons (Fsp3) is 0.333. The van der Waals surface area contributed by atoms with Gasteiger partial charge in [0.05, 0.1) is 34.5 Å². The van der Waals surface area contributed by atoms with Crippen LogP contribution in [-0.4, -0.2) is 63.8 Å². The number of hydrogen-bond acceptors (Lipinski definition) is 6. The summed E-state index contributed by atoms with van der Waals surface area (Å²) in [6, 6.07) is 16.5. The zero-order valence-corrected chi connectivity index (χ0v) is 21.6. The molecule has 1 saturated carbocycles. The lowest BCUT2D eigenvalue weighted by molar-refractivity contribution is 0.102. The lowest BCUT2D eigenvalue weighted by Crippen LogP contribution is -2.44. The van der Waals surface area contributed by atoms with Crippen LogP contribution < -0.4 is 10.2 Å². The molecule has 3 heterocycles. The molecule has 1 aliphatic heterocycles. The van der Waals surface area contributed by atoms with Gasteiger partial charge in [-0.2, -0.15) is 5.10 Å². The Bertz CT molecular complexity index is 1510. The molecule has 0 radical (unpaired) electrons. The molecular formula is C30H31N7O. The van der Waals surface area contributed by atoms with E-state index in [2.05, 4.69) is 57.6 Å². The van der Waals surface area contributed by atoms with Gasteiger partial charge in [-0.05, 0) is 56.0 Å². The van der Waals surface area contributed by atoms with Crippen LogP contribution in [0.2, 0.25) is 0 Å². The van der Waals surface area contributed by atoms with Gasteiger partial charge in [0.15, 0.2) is 0 Å². The van der Waals surface area contributed by atoms with Crippen molar-refractivity contribution in [1.29, 1.82) is 0 Å². The summed E-state index contributed by atoms with van der Waals surface area (Å²) in [5.41, 5.74) is 8.00. The van der Waals surface area contributed by atoms with Crippen LogP contribution in [-0.2, 0) is 12.8 Å². The molecule has 1 N–H and O–H groups in total. The highest BCUT2D eigenvalue weighted by Gasteiger charge is 2.34. The quantitative estimate of drug-likeness (QED) is 0.436. The van der Waals surface area contributed by atoms with E-state index >= 15 is 0 Å². The summed E-state index contributed by atoms with van der Waals surface area (Å²) in [5, 5.41) is 7.85. The first kappa shape index (κ1) is 23.1. The number of nitrogens with one attached hydrogen (secondary N) is 1. The van der Waals surface area contributed by atoms with Crippen molar-refractivity contribution >= 4 is 17.3 Å². The highest BCUT2D eigenvalue weighted by Crippen LogP contribution is 2.43. The van der Waals surface area contributed by atoms with Gasteiger partial charge in [-0.25, -0.2) is 14.6 Å². The minimum Gasteiger partial charge on any atom is -0.367 e. The van der Waals surface area contributed by atoms with Crippen LogP contribution >= 0.6 is 0 Å². The molecule has 2 fully saturated rings. The Morgan fingerprint density at radius 3 is 2.53 bits per heavy atom. The number of aromatic nitrogens is 4. The third-order valence-electron chi connectivity index (χ3n) is 7.99. The third-order valence-corrected chi connectivity index (χ3v) is 7.99. The van der Waals surface area contributed by atoms with Crippen molar-refractivity contribution in [2.75, 3.05) is 43.4 Å². The third kappa shape index (κ3) is 4.15. The molecule has 1 amide bonds. The molecule has 8 nitrogen and oxygen atoms in total. The standard InChI is InChI=1S/C30H31N7O/c1-35-14-16-36(17-15-35)26-9-5-4-8-25(26)33-29(38)24-19-32-37(28(24)21-11-12-21)30-31-18-22-13-10-20-6-2-3-7-23(20)27(22)34-30/h2-9,18-19,21H,10-17H2,1H3,(H,33,38). The molecule has 2 aromatic carbocycles. The number of carbonyl (C=O) groups is 1. The van der Waals surface area contributed by atoms with Gasteiger partial charge in [-0.1, -0.05) is 36.4 Å². The number of likely N-dealkylation sites (N-methyl/N-ethyl adjacent to an activating group) is 1. The normalized spacial score (nSPS) is 17.1. The van der Waals surface area contributed by atoms with E-state index in [1.807, 2.05) is 24.4 Å². The number of fused-ring (bicyclic) bond motifs is 3. The van der Waals surface area contributed by atoms with E-state index in [-0.39, 0.29) is 11.8 Å². The van der Waals surface area contributed by atoms with Crippen LogP contribution in [0.15, 0.2) is 60.9 Å².